The van der Waals surface area contributed by atoms with Gasteiger partial charge in [0.25, 0.3) is 0 Å². The first kappa shape index (κ1) is 11.9. The molecule has 3 aromatic rings. The number of fused-ring (bicyclic) bond motifs is 1. The summed E-state index contributed by atoms with van der Waals surface area (Å²) in [4.78, 5) is 15.1. The molecule has 19 heavy (non-hydrogen) atoms. The Hall–Kier alpha value is -2.20. The number of thiazole rings is 1. The highest BCUT2D eigenvalue weighted by Gasteiger charge is 2.10. The molecule has 0 saturated carbocycles. The zero-order chi connectivity index (χ0) is 13.2. The van der Waals surface area contributed by atoms with Crippen molar-refractivity contribution >= 4 is 28.4 Å². The van der Waals surface area contributed by atoms with E-state index in [1.54, 1.807) is 12.5 Å². The molecule has 0 aliphatic heterocycles. The number of aldehydes is 1. The van der Waals surface area contributed by atoms with E-state index in [1.807, 2.05) is 36.4 Å². The van der Waals surface area contributed by atoms with Gasteiger partial charge in [-0.15, -0.1) is 11.3 Å². The number of methoxy groups -OCH3 is 1. The molecule has 1 heterocycles. The van der Waals surface area contributed by atoms with Crippen LogP contribution in [-0.2, 0) is 0 Å². The fraction of sp³-hybridized carbons (Fsp3) is 0.0667. The summed E-state index contributed by atoms with van der Waals surface area (Å²) in [5.74, 6) is 0.839. The zero-order valence-corrected chi connectivity index (χ0v) is 11.1. The second-order valence-electron chi connectivity index (χ2n) is 4.06. The maximum atomic E-state index is 10.7. The third kappa shape index (κ3) is 2.00. The molecule has 4 heteroatoms. The predicted octanol–water partition coefficient (Wildman–Crippen LogP) is 3.78. The number of ether oxygens (including phenoxy) is 1. The Labute approximate surface area is 114 Å². The lowest BCUT2D eigenvalue weighted by Gasteiger charge is -2.08. The summed E-state index contributed by atoms with van der Waals surface area (Å²) in [5.41, 5.74) is 1.49. The van der Waals surface area contributed by atoms with Crippen LogP contribution in [0.4, 0.5) is 0 Å². The van der Waals surface area contributed by atoms with Crippen LogP contribution in [0.3, 0.4) is 0 Å². The normalized spacial score (nSPS) is 10.6. The van der Waals surface area contributed by atoms with Gasteiger partial charge in [-0.2, -0.15) is 0 Å². The molecular formula is C15H11NO2S. The van der Waals surface area contributed by atoms with Crippen molar-refractivity contribution in [3.8, 4) is 16.3 Å². The molecule has 0 fully saturated rings. The summed E-state index contributed by atoms with van der Waals surface area (Å²) in [5, 5.41) is 4.74. The van der Waals surface area contributed by atoms with Crippen LogP contribution >= 0.6 is 11.3 Å². The third-order valence-electron chi connectivity index (χ3n) is 2.98. The maximum Gasteiger partial charge on any atom is 0.169 e. The molecule has 3 rings (SSSR count). The number of nitrogens with zero attached hydrogens (tertiary/aromatic N) is 1. The number of aromatic nitrogens is 1. The van der Waals surface area contributed by atoms with Crippen LogP contribution in [0.25, 0.3) is 21.3 Å². The number of benzene rings is 2. The molecule has 3 nitrogen and oxygen atoms in total. The van der Waals surface area contributed by atoms with Crippen molar-refractivity contribution in [2.75, 3.05) is 7.11 Å². The van der Waals surface area contributed by atoms with Gasteiger partial charge in [-0.25, -0.2) is 4.98 Å². The summed E-state index contributed by atoms with van der Waals surface area (Å²) < 4.78 is 5.37. The standard InChI is InChI=1S/C15H11NO2S/c1-18-14-7-6-13(11-4-2-3-5-12(11)14)15-16-10(8-17)9-19-15/h2-9H,1H3. The zero-order valence-electron chi connectivity index (χ0n) is 10.3. The Morgan fingerprint density at radius 1 is 1.16 bits per heavy atom. The van der Waals surface area contributed by atoms with Crippen LogP contribution in [-0.4, -0.2) is 18.4 Å². The Bertz CT molecular complexity index is 749. The van der Waals surface area contributed by atoms with E-state index in [4.69, 9.17) is 4.74 Å². The fourth-order valence-electron chi connectivity index (χ4n) is 2.10. The number of hydrogen-bond donors (Lipinski definition) is 0. The van der Waals surface area contributed by atoms with Gasteiger partial charge in [-0.3, -0.25) is 4.79 Å². The van der Waals surface area contributed by atoms with Gasteiger partial charge in [-0.05, 0) is 17.5 Å². The summed E-state index contributed by atoms with van der Waals surface area (Å²) in [6.45, 7) is 0. The molecule has 0 amide bonds. The summed E-state index contributed by atoms with van der Waals surface area (Å²) in [6, 6.07) is 11.9. The van der Waals surface area contributed by atoms with E-state index in [0.717, 1.165) is 33.4 Å². The molecule has 0 atom stereocenters. The SMILES string of the molecule is COc1ccc(-c2nc(C=O)cs2)c2ccccc12. The smallest absolute Gasteiger partial charge is 0.169 e. The second-order valence-corrected chi connectivity index (χ2v) is 4.91. The molecule has 0 N–H and O–H groups in total. The topological polar surface area (TPSA) is 39.2 Å². The van der Waals surface area contributed by atoms with Crippen molar-refractivity contribution in [3.05, 3.63) is 47.5 Å². The van der Waals surface area contributed by atoms with E-state index in [9.17, 15) is 4.79 Å². The quantitative estimate of drug-likeness (QED) is 0.679. The van der Waals surface area contributed by atoms with Crippen LogP contribution < -0.4 is 4.74 Å². The summed E-state index contributed by atoms with van der Waals surface area (Å²) in [7, 11) is 1.66. The van der Waals surface area contributed by atoms with E-state index in [-0.39, 0.29) is 0 Å². The van der Waals surface area contributed by atoms with Gasteiger partial charge in [0, 0.05) is 16.3 Å². The highest BCUT2D eigenvalue weighted by atomic mass is 32.1. The van der Waals surface area contributed by atoms with Crippen LogP contribution in [0.5, 0.6) is 5.75 Å². The van der Waals surface area contributed by atoms with Crippen molar-refractivity contribution in [3.63, 3.8) is 0 Å². The molecule has 0 radical (unpaired) electrons. The van der Waals surface area contributed by atoms with E-state index in [2.05, 4.69) is 4.98 Å². The Balaban J connectivity index is 2.27. The summed E-state index contributed by atoms with van der Waals surface area (Å²) >= 11 is 1.47. The van der Waals surface area contributed by atoms with Crippen LogP contribution in [0.1, 0.15) is 10.5 Å². The average molecular weight is 269 g/mol. The van der Waals surface area contributed by atoms with Crippen LogP contribution in [0.2, 0.25) is 0 Å². The Morgan fingerprint density at radius 2 is 1.95 bits per heavy atom. The van der Waals surface area contributed by atoms with Crippen LogP contribution in [0.15, 0.2) is 41.8 Å². The van der Waals surface area contributed by atoms with Crippen molar-refractivity contribution in [1.82, 2.24) is 4.98 Å². The number of carbonyl (C=O) groups excluding carboxylic acids is 1. The molecule has 0 saturated heterocycles. The maximum absolute atomic E-state index is 10.7. The Morgan fingerprint density at radius 3 is 2.63 bits per heavy atom. The average Bonchev–Trinajstić information content (AvgIpc) is 2.95. The molecule has 2 aromatic carbocycles. The molecule has 0 spiro atoms. The van der Waals surface area contributed by atoms with Gasteiger partial charge in [0.2, 0.25) is 0 Å². The van der Waals surface area contributed by atoms with Crippen molar-refractivity contribution in [2.45, 2.75) is 0 Å². The molecule has 1 aromatic heterocycles. The predicted molar refractivity (Wildman–Crippen MR) is 77.0 cm³/mol. The van der Waals surface area contributed by atoms with E-state index < -0.39 is 0 Å². The number of hydrogen-bond acceptors (Lipinski definition) is 4. The van der Waals surface area contributed by atoms with Crippen molar-refractivity contribution in [1.29, 1.82) is 0 Å². The Kier molecular flexibility index (Phi) is 3.01. The first-order valence-electron chi connectivity index (χ1n) is 5.80. The molecule has 0 aliphatic carbocycles. The van der Waals surface area contributed by atoms with Gasteiger partial charge in [0.15, 0.2) is 6.29 Å². The monoisotopic (exact) mass is 269 g/mol. The largest absolute Gasteiger partial charge is 0.496 e. The first-order chi connectivity index (χ1) is 9.33. The molecule has 0 unspecified atom stereocenters. The van der Waals surface area contributed by atoms with E-state index >= 15 is 0 Å². The highest BCUT2D eigenvalue weighted by Crippen LogP contribution is 2.35. The molecular weight excluding hydrogens is 258 g/mol. The highest BCUT2D eigenvalue weighted by molar-refractivity contribution is 7.13. The lowest BCUT2D eigenvalue weighted by molar-refractivity contribution is 0.111. The van der Waals surface area contributed by atoms with Gasteiger partial charge >= 0.3 is 0 Å². The van der Waals surface area contributed by atoms with E-state index in [1.165, 1.54) is 11.3 Å². The van der Waals surface area contributed by atoms with Gasteiger partial charge in [-0.1, -0.05) is 24.3 Å². The lowest BCUT2D eigenvalue weighted by atomic mass is 10.0. The van der Waals surface area contributed by atoms with Gasteiger partial charge < -0.3 is 4.74 Å². The summed E-state index contributed by atoms with van der Waals surface area (Å²) in [6.07, 6.45) is 0.770. The van der Waals surface area contributed by atoms with Crippen molar-refractivity contribution < 1.29 is 9.53 Å². The van der Waals surface area contributed by atoms with E-state index in [0.29, 0.717) is 5.69 Å². The molecule has 94 valence electrons. The van der Waals surface area contributed by atoms with Gasteiger partial charge in [0.1, 0.15) is 16.5 Å². The van der Waals surface area contributed by atoms with Crippen molar-refractivity contribution in [2.24, 2.45) is 0 Å². The lowest BCUT2D eigenvalue weighted by Crippen LogP contribution is -1.87. The minimum absolute atomic E-state index is 0.472. The second kappa shape index (κ2) is 4.82. The first-order valence-corrected chi connectivity index (χ1v) is 6.68. The molecule has 0 aliphatic rings. The third-order valence-corrected chi connectivity index (χ3v) is 3.87. The molecule has 0 bridgehead atoms. The minimum atomic E-state index is 0.472. The van der Waals surface area contributed by atoms with Gasteiger partial charge in [0.05, 0.1) is 7.11 Å². The van der Waals surface area contributed by atoms with Crippen LogP contribution in [0, 0.1) is 0 Å². The minimum Gasteiger partial charge on any atom is -0.496 e. The number of rotatable bonds is 3. The fourth-order valence-corrected chi connectivity index (χ4v) is 2.90. The number of carbonyl (C=O) groups is 1.